The molecule has 2 atom stereocenters. The zero-order valence-corrected chi connectivity index (χ0v) is 36.9. The van der Waals surface area contributed by atoms with Gasteiger partial charge >= 0.3 is 13.8 Å². The van der Waals surface area contributed by atoms with Crippen molar-refractivity contribution in [2.75, 3.05) is 26.4 Å². The molecule has 0 aromatic heterocycles. The number of amides is 1. The summed E-state index contributed by atoms with van der Waals surface area (Å²) in [6.07, 6.45) is 52.6. The van der Waals surface area contributed by atoms with Crippen molar-refractivity contribution in [2.45, 2.75) is 187 Å². The molecule has 3 N–H and O–H groups in total. The third kappa shape index (κ3) is 44.4. The second kappa shape index (κ2) is 43.0. The summed E-state index contributed by atoms with van der Waals surface area (Å²) >= 11 is 0. The maximum Gasteiger partial charge on any atom is 0.472 e. The molecule has 0 radical (unpaired) electrons. The van der Waals surface area contributed by atoms with E-state index in [2.05, 4.69) is 92.1 Å². The van der Waals surface area contributed by atoms with E-state index in [1.807, 2.05) is 0 Å². The largest absolute Gasteiger partial charge is 0.472 e. The van der Waals surface area contributed by atoms with Gasteiger partial charge in [-0.3, -0.25) is 18.6 Å². The lowest BCUT2D eigenvalue weighted by atomic mass is 10.0. The smallest absolute Gasteiger partial charge is 0.463 e. The number of aliphatic hydroxyl groups is 1. The van der Waals surface area contributed by atoms with Crippen molar-refractivity contribution < 1.29 is 37.9 Å². The summed E-state index contributed by atoms with van der Waals surface area (Å²) in [4.78, 5) is 33.9. The highest BCUT2D eigenvalue weighted by atomic mass is 31.2. The summed E-state index contributed by atoms with van der Waals surface area (Å²) in [6, 6.07) is 0. The minimum Gasteiger partial charge on any atom is -0.463 e. The van der Waals surface area contributed by atoms with E-state index in [0.29, 0.717) is 12.8 Å². The van der Waals surface area contributed by atoms with Crippen LogP contribution >= 0.6 is 7.82 Å². The third-order valence-electron chi connectivity index (χ3n) is 9.15. The van der Waals surface area contributed by atoms with E-state index in [-0.39, 0.29) is 32.1 Å². The molecule has 9 nitrogen and oxygen atoms in total. The van der Waals surface area contributed by atoms with Crippen molar-refractivity contribution in [2.24, 2.45) is 0 Å². The number of nitrogens with one attached hydrogen (secondary N) is 1. The zero-order chi connectivity index (χ0) is 41.8. The van der Waals surface area contributed by atoms with Crippen LogP contribution < -0.4 is 5.32 Å². The standard InChI is InChI=1S/C47H82NO8P/c1-3-5-7-9-11-13-15-17-18-19-20-21-22-23-24-25-26-28-30-32-34-36-38-40-47(51)54-43-45(49)44-56-57(52,53)55-42-41-48-46(50)39-37-35-33-31-29-27-16-14-12-10-8-6-4-2/h5,7,11,13,17-18,20-21,23-24,26,28,45,49H,3-4,6,8-10,12,14-16,19,22,25,27,29-44H2,1-2H3,(H,48,50)(H,52,53)/b7-5-,13-11-,18-17-,21-20-,24-23-,28-26-. The molecule has 10 heteroatoms. The monoisotopic (exact) mass is 820 g/mol. The first kappa shape index (κ1) is 54.5. The number of hydrogen-bond donors (Lipinski definition) is 3. The summed E-state index contributed by atoms with van der Waals surface area (Å²) in [7, 11) is -4.42. The van der Waals surface area contributed by atoms with Gasteiger partial charge < -0.3 is 20.1 Å². The first-order valence-electron chi connectivity index (χ1n) is 22.4. The minimum atomic E-state index is -4.42. The van der Waals surface area contributed by atoms with Crippen LogP contribution in [-0.2, 0) is 27.9 Å². The Morgan fingerprint density at radius 1 is 0.561 bits per heavy atom. The van der Waals surface area contributed by atoms with Crippen LogP contribution in [-0.4, -0.2) is 54.3 Å². The van der Waals surface area contributed by atoms with Gasteiger partial charge in [-0.05, 0) is 64.2 Å². The van der Waals surface area contributed by atoms with E-state index in [1.165, 1.54) is 64.2 Å². The molecule has 0 heterocycles. The molecule has 0 aliphatic heterocycles. The molecule has 57 heavy (non-hydrogen) atoms. The molecular formula is C47H82NO8P. The molecule has 328 valence electrons. The number of unbranched alkanes of at least 4 members (excludes halogenated alkanes) is 16. The summed E-state index contributed by atoms with van der Waals surface area (Å²) in [5.74, 6) is -0.544. The van der Waals surface area contributed by atoms with Crippen molar-refractivity contribution in [3.63, 3.8) is 0 Å². The molecular weight excluding hydrogens is 737 g/mol. The number of phosphoric ester groups is 1. The van der Waals surface area contributed by atoms with Crippen LogP contribution in [0.2, 0.25) is 0 Å². The van der Waals surface area contributed by atoms with Gasteiger partial charge in [-0.1, -0.05) is 177 Å². The van der Waals surface area contributed by atoms with Crippen LogP contribution in [0.4, 0.5) is 0 Å². The Morgan fingerprint density at radius 3 is 1.51 bits per heavy atom. The van der Waals surface area contributed by atoms with Crippen molar-refractivity contribution in [3.8, 4) is 0 Å². The number of rotatable bonds is 41. The first-order chi connectivity index (χ1) is 27.8. The Kier molecular flexibility index (Phi) is 41.1. The number of phosphoric acid groups is 1. The third-order valence-corrected chi connectivity index (χ3v) is 10.1. The summed E-state index contributed by atoms with van der Waals surface area (Å²) in [5.41, 5.74) is 0. The lowest BCUT2D eigenvalue weighted by Crippen LogP contribution is -2.27. The fourth-order valence-electron chi connectivity index (χ4n) is 5.79. The topological polar surface area (TPSA) is 131 Å². The molecule has 0 saturated carbocycles. The Bertz CT molecular complexity index is 1160. The molecule has 1 amide bonds. The van der Waals surface area contributed by atoms with Gasteiger partial charge in [-0.15, -0.1) is 0 Å². The lowest BCUT2D eigenvalue weighted by molar-refractivity contribution is -0.147. The van der Waals surface area contributed by atoms with Crippen LogP contribution in [0.1, 0.15) is 181 Å². The molecule has 0 spiro atoms. The number of aliphatic hydroxyl groups excluding tert-OH is 1. The Hall–Kier alpha value is -2.55. The number of esters is 1. The Labute approximate surface area is 348 Å². The van der Waals surface area contributed by atoms with Crippen molar-refractivity contribution in [1.29, 1.82) is 0 Å². The van der Waals surface area contributed by atoms with Gasteiger partial charge in [-0.25, -0.2) is 4.57 Å². The molecule has 0 aliphatic carbocycles. The van der Waals surface area contributed by atoms with E-state index < -0.39 is 26.5 Å². The van der Waals surface area contributed by atoms with Crippen molar-refractivity contribution in [3.05, 3.63) is 72.9 Å². The van der Waals surface area contributed by atoms with Gasteiger partial charge in [0.2, 0.25) is 5.91 Å². The molecule has 0 fully saturated rings. The van der Waals surface area contributed by atoms with E-state index in [0.717, 1.165) is 83.5 Å². The highest BCUT2D eigenvalue weighted by Gasteiger charge is 2.23. The summed E-state index contributed by atoms with van der Waals surface area (Å²) in [5, 5.41) is 12.7. The highest BCUT2D eigenvalue weighted by Crippen LogP contribution is 2.42. The van der Waals surface area contributed by atoms with Crippen LogP contribution in [0.5, 0.6) is 0 Å². The van der Waals surface area contributed by atoms with Crippen LogP contribution in [0, 0.1) is 0 Å². The molecule has 0 aromatic carbocycles. The number of hydrogen-bond acceptors (Lipinski definition) is 7. The van der Waals surface area contributed by atoms with Crippen LogP contribution in [0.3, 0.4) is 0 Å². The minimum absolute atomic E-state index is 0.0772. The lowest BCUT2D eigenvalue weighted by Gasteiger charge is -2.15. The fraction of sp³-hybridized carbons (Fsp3) is 0.702. The average molecular weight is 820 g/mol. The number of allylic oxidation sites excluding steroid dienone is 12. The maximum absolute atomic E-state index is 12.1. The second-order valence-electron chi connectivity index (χ2n) is 14.6. The van der Waals surface area contributed by atoms with Crippen molar-refractivity contribution >= 4 is 19.7 Å². The molecule has 0 saturated heterocycles. The van der Waals surface area contributed by atoms with E-state index in [1.54, 1.807) is 0 Å². The van der Waals surface area contributed by atoms with E-state index in [4.69, 9.17) is 13.8 Å². The normalized spacial score (nSPS) is 14.0. The maximum atomic E-state index is 12.1. The summed E-state index contributed by atoms with van der Waals surface area (Å²) in [6.45, 7) is 3.40. The zero-order valence-electron chi connectivity index (χ0n) is 36.0. The Morgan fingerprint density at radius 2 is 1.00 bits per heavy atom. The SMILES string of the molecule is CC/C=C\C/C=C\C/C=C\C/C=C\C/C=C\C/C=C\CCCCCCC(=O)OCC(O)COP(=O)(O)OCCNC(=O)CCCCCCCCCCCCCCC. The average Bonchev–Trinajstić information content (AvgIpc) is 3.20. The first-order valence-corrected chi connectivity index (χ1v) is 23.9. The van der Waals surface area contributed by atoms with Gasteiger partial charge in [0.25, 0.3) is 0 Å². The predicted molar refractivity (Wildman–Crippen MR) is 238 cm³/mol. The Balaban J connectivity index is 3.67. The number of carbonyl (C=O) groups excluding carboxylic acids is 2. The van der Waals surface area contributed by atoms with Gasteiger partial charge in [0, 0.05) is 19.4 Å². The van der Waals surface area contributed by atoms with Gasteiger partial charge in [0.1, 0.15) is 12.7 Å². The number of ether oxygens (including phenoxy) is 1. The molecule has 2 unspecified atom stereocenters. The fourth-order valence-corrected chi connectivity index (χ4v) is 6.55. The van der Waals surface area contributed by atoms with Gasteiger partial charge in [-0.2, -0.15) is 0 Å². The predicted octanol–water partition coefficient (Wildman–Crippen LogP) is 12.7. The molecule has 0 bridgehead atoms. The quantitative estimate of drug-likeness (QED) is 0.0240. The van der Waals surface area contributed by atoms with Gasteiger partial charge in [0.05, 0.1) is 13.2 Å². The highest BCUT2D eigenvalue weighted by molar-refractivity contribution is 7.47. The van der Waals surface area contributed by atoms with Gasteiger partial charge in [0.15, 0.2) is 0 Å². The number of carbonyl (C=O) groups is 2. The van der Waals surface area contributed by atoms with Crippen LogP contribution in [0.15, 0.2) is 72.9 Å². The molecule has 0 aliphatic rings. The molecule has 0 rings (SSSR count). The molecule has 0 aromatic rings. The summed E-state index contributed by atoms with van der Waals surface area (Å²) < 4.78 is 26.9. The van der Waals surface area contributed by atoms with E-state index in [9.17, 15) is 24.2 Å². The van der Waals surface area contributed by atoms with Crippen LogP contribution in [0.25, 0.3) is 0 Å². The van der Waals surface area contributed by atoms with E-state index >= 15 is 0 Å². The second-order valence-corrected chi connectivity index (χ2v) is 16.1. The van der Waals surface area contributed by atoms with Crippen molar-refractivity contribution in [1.82, 2.24) is 5.32 Å².